The molecular weight excluding hydrogens is 450 g/mol. The van der Waals surface area contributed by atoms with E-state index in [1.54, 1.807) is 22.9 Å². The Morgan fingerprint density at radius 3 is 2.50 bits per heavy atom. The number of nitrogens with zero attached hydrogens (tertiary/aromatic N) is 2. The number of carbonyl (C=O) groups excluding carboxylic acids is 3. The summed E-state index contributed by atoms with van der Waals surface area (Å²) in [5.41, 5.74) is 2.09. The third-order valence-corrected chi connectivity index (χ3v) is 5.68. The van der Waals surface area contributed by atoms with E-state index in [1.165, 1.54) is 17.8 Å². The van der Waals surface area contributed by atoms with Crippen LogP contribution < -0.4 is 22.3 Å². The summed E-state index contributed by atoms with van der Waals surface area (Å²) in [7, 11) is 0. The summed E-state index contributed by atoms with van der Waals surface area (Å²) in [5, 5.41) is 11.8. The molecular formula is C23H26ClN3O4S. The third kappa shape index (κ3) is 6.58. The average molecular weight is 476 g/mol. The number of pyridine rings is 1. The first kappa shape index (κ1) is 25.4. The molecule has 0 atom stereocenters. The van der Waals surface area contributed by atoms with E-state index in [9.17, 15) is 19.5 Å². The topological polar surface area (TPSA) is 90.6 Å². The van der Waals surface area contributed by atoms with Crippen molar-refractivity contribution in [3.63, 3.8) is 0 Å². The zero-order chi connectivity index (χ0) is 22.6. The van der Waals surface area contributed by atoms with E-state index in [2.05, 4.69) is 26.1 Å². The van der Waals surface area contributed by atoms with Crippen LogP contribution in [-0.4, -0.2) is 40.1 Å². The lowest BCUT2D eigenvalue weighted by Crippen LogP contribution is -3.00. The van der Waals surface area contributed by atoms with Crippen LogP contribution in [0.15, 0.2) is 53.7 Å². The first-order chi connectivity index (χ1) is 14.6. The highest BCUT2D eigenvalue weighted by atomic mass is 35.5. The molecule has 3 rings (SSSR count). The minimum atomic E-state index is -0.355. The van der Waals surface area contributed by atoms with E-state index < -0.39 is 0 Å². The van der Waals surface area contributed by atoms with E-state index in [4.69, 9.17) is 0 Å². The van der Waals surface area contributed by atoms with Crippen LogP contribution in [0.4, 0.5) is 4.79 Å². The molecule has 7 nitrogen and oxygen atoms in total. The van der Waals surface area contributed by atoms with E-state index in [0.717, 1.165) is 22.2 Å². The quantitative estimate of drug-likeness (QED) is 0.447. The highest BCUT2D eigenvalue weighted by Crippen LogP contribution is 2.32. The zero-order valence-electron chi connectivity index (χ0n) is 18.2. The number of nitrogens with one attached hydrogen (secondary N) is 1. The van der Waals surface area contributed by atoms with E-state index >= 15 is 0 Å². The second kappa shape index (κ2) is 10.7. The van der Waals surface area contributed by atoms with Gasteiger partial charge in [0.2, 0.25) is 12.7 Å². The van der Waals surface area contributed by atoms with Crippen LogP contribution in [0.1, 0.15) is 31.9 Å². The summed E-state index contributed by atoms with van der Waals surface area (Å²) in [5.74, 6) is -0.573. The van der Waals surface area contributed by atoms with Gasteiger partial charge in [0.25, 0.3) is 17.1 Å². The fourth-order valence-corrected chi connectivity index (χ4v) is 3.92. The second-order valence-corrected chi connectivity index (χ2v) is 9.28. The van der Waals surface area contributed by atoms with Crippen LogP contribution in [0.2, 0.25) is 0 Å². The predicted molar refractivity (Wildman–Crippen MR) is 119 cm³/mol. The lowest BCUT2D eigenvalue weighted by Gasteiger charge is -2.18. The van der Waals surface area contributed by atoms with Crippen LogP contribution in [0.3, 0.4) is 0 Å². The Labute approximate surface area is 197 Å². The molecule has 0 spiro atoms. The SMILES string of the molecule is CC(C)(C)c1ccc(C=C2SC(=O)N(CCNC(=O)C[n+]3cccc(O)c3)C2=O)cc1.[Cl-]. The van der Waals surface area contributed by atoms with Gasteiger partial charge in [0.15, 0.2) is 11.9 Å². The maximum atomic E-state index is 12.6. The summed E-state index contributed by atoms with van der Waals surface area (Å²) < 4.78 is 1.54. The Balaban J connectivity index is 0.00000363. The molecule has 0 radical (unpaired) electrons. The summed E-state index contributed by atoms with van der Waals surface area (Å²) >= 11 is 0.903. The molecule has 2 aromatic rings. The molecule has 3 amide bonds. The average Bonchev–Trinajstić information content (AvgIpc) is 2.95. The van der Waals surface area contributed by atoms with Crippen molar-refractivity contribution in [3.8, 4) is 5.75 Å². The summed E-state index contributed by atoms with van der Waals surface area (Å²) in [4.78, 5) is 38.4. The van der Waals surface area contributed by atoms with Gasteiger partial charge in [-0.25, -0.2) is 0 Å². The molecule has 2 heterocycles. The Hall–Kier alpha value is -2.84. The summed E-state index contributed by atoms with van der Waals surface area (Å²) in [6.45, 7) is 6.68. The van der Waals surface area contributed by atoms with Crippen molar-refractivity contribution in [1.29, 1.82) is 0 Å². The number of aromatic nitrogens is 1. The maximum absolute atomic E-state index is 12.6. The van der Waals surface area contributed by atoms with E-state index in [0.29, 0.717) is 4.91 Å². The van der Waals surface area contributed by atoms with Gasteiger partial charge in [0.1, 0.15) is 0 Å². The fraction of sp³-hybridized carbons (Fsp3) is 0.304. The van der Waals surface area contributed by atoms with Crippen LogP contribution in [0.5, 0.6) is 5.75 Å². The lowest BCUT2D eigenvalue weighted by molar-refractivity contribution is -0.684. The molecule has 1 fully saturated rings. The molecule has 1 aromatic heterocycles. The first-order valence-corrected chi connectivity index (χ1v) is 10.8. The molecule has 1 aliphatic heterocycles. The number of amides is 3. The first-order valence-electron chi connectivity index (χ1n) is 9.94. The molecule has 0 bridgehead atoms. The zero-order valence-corrected chi connectivity index (χ0v) is 19.7. The third-order valence-electron chi connectivity index (χ3n) is 4.77. The van der Waals surface area contributed by atoms with Crippen LogP contribution in [0, 0.1) is 0 Å². The minimum absolute atomic E-state index is 0. The van der Waals surface area contributed by atoms with Gasteiger partial charge in [-0.05, 0) is 40.4 Å². The van der Waals surface area contributed by atoms with Crippen molar-refractivity contribution >= 4 is 34.9 Å². The van der Waals surface area contributed by atoms with E-state index in [-0.39, 0.29) is 60.3 Å². The summed E-state index contributed by atoms with van der Waals surface area (Å²) in [6.07, 6.45) is 4.82. The highest BCUT2D eigenvalue weighted by Gasteiger charge is 2.34. The van der Waals surface area contributed by atoms with Crippen molar-refractivity contribution in [2.75, 3.05) is 13.1 Å². The molecule has 2 N–H and O–H groups in total. The molecule has 170 valence electrons. The number of hydrogen-bond acceptors (Lipinski definition) is 5. The Kier molecular flexibility index (Phi) is 8.46. The van der Waals surface area contributed by atoms with Gasteiger partial charge in [0, 0.05) is 19.2 Å². The lowest BCUT2D eigenvalue weighted by atomic mass is 9.87. The molecule has 9 heteroatoms. The van der Waals surface area contributed by atoms with Gasteiger partial charge in [-0.1, -0.05) is 45.0 Å². The fourth-order valence-electron chi connectivity index (χ4n) is 3.06. The van der Waals surface area contributed by atoms with Gasteiger partial charge in [-0.3, -0.25) is 19.3 Å². The van der Waals surface area contributed by atoms with Crippen molar-refractivity contribution in [1.82, 2.24) is 10.2 Å². The number of carbonyl (C=O) groups is 3. The van der Waals surface area contributed by atoms with Crippen molar-refractivity contribution in [2.24, 2.45) is 0 Å². The Morgan fingerprint density at radius 2 is 1.88 bits per heavy atom. The molecule has 32 heavy (non-hydrogen) atoms. The van der Waals surface area contributed by atoms with Crippen molar-refractivity contribution in [3.05, 3.63) is 64.8 Å². The normalized spacial score (nSPS) is 15.1. The van der Waals surface area contributed by atoms with Crippen LogP contribution in [0.25, 0.3) is 6.08 Å². The van der Waals surface area contributed by atoms with Gasteiger partial charge in [-0.15, -0.1) is 0 Å². The maximum Gasteiger partial charge on any atom is 0.293 e. The molecule has 1 aliphatic rings. The number of imide groups is 1. The largest absolute Gasteiger partial charge is 1.00 e. The number of rotatable bonds is 6. The highest BCUT2D eigenvalue weighted by molar-refractivity contribution is 8.18. The van der Waals surface area contributed by atoms with Crippen molar-refractivity contribution in [2.45, 2.75) is 32.7 Å². The van der Waals surface area contributed by atoms with Crippen LogP contribution in [-0.2, 0) is 21.5 Å². The number of hydrogen-bond donors (Lipinski definition) is 2. The van der Waals surface area contributed by atoms with E-state index in [1.807, 2.05) is 24.3 Å². The number of benzene rings is 1. The monoisotopic (exact) mass is 475 g/mol. The number of thioether (sulfide) groups is 1. The van der Waals surface area contributed by atoms with Gasteiger partial charge in [-0.2, -0.15) is 4.57 Å². The molecule has 0 saturated carbocycles. The van der Waals surface area contributed by atoms with Gasteiger partial charge < -0.3 is 22.8 Å². The Bertz CT molecular complexity index is 1030. The molecule has 0 aliphatic carbocycles. The standard InChI is InChI=1S/C23H25N3O4S.ClH/c1-23(2,3)17-8-6-16(7-9-17)13-19-21(29)26(22(30)31-19)12-10-24-20(28)15-25-11-4-5-18(27)14-25;/h4-9,11,13-14H,10,12,15H2,1-3H3,(H-,24,27,28);1H. The molecule has 1 saturated heterocycles. The van der Waals surface area contributed by atoms with Gasteiger partial charge >= 0.3 is 0 Å². The van der Waals surface area contributed by atoms with Gasteiger partial charge in [0.05, 0.1) is 4.91 Å². The number of aromatic hydroxyl groups is 1. The predicted octanol–water partition coefficient (Wildman–Crippen LogP) is -0.166. The smallest absolute Gasteiger partial charge is 0.293 e. The number of halogens is 1. The van der Waals surface area contributed by atoms with Crippen molar-refractivity contribution < 1.29 is 36.5 Å². The summed E-state index contributed by atoms with van der Waals surface area (Å²) in [6, 6.07) is 11.1. The molecule has 0 unspecified atom stereocenters. The molecule has 1 aromatic carbocycles. The Morgan fingerprint density at radius 1 is 1.19 bits per heavy atom. The van der Waals surface area contributed by atoms with Crippen LogP contribution >= 0.6 is 11.8 Å². The minimum Gasteiger partial charge on any atom is -1.00 e. The second-order valence-electron chi connectivity index (χ2n) is 8.29.